The zero-order chi connectivity index (χ0) is 19.9. The summed E-state index contributed by atoms with van der Waals surface area (Å²) in [4.78, 5) is 23.7. The van der Waals surface area contributed by atoms with Crippen LogP contribution in [0.4, 0.5) is 5.69 Å². The highest BCUT2D eigenvalue weighted by Gasteiger charge is 2.43. The molecule has 9 nitrogen and oxygen atoms in total. The Morgan fingerprint density at radius 3 is 2.56 bits per heavy atom. The van der Waals surface area contributed by atoms with E-state index < -0.39 is 42.9 Å². The lowest BCUT2D eigenvalue weighted by Crippen LogP contribution is -2.61. The summed E-state index contributed by atoms with van der Waals surface area (Å²) >= 11 is 0. The van der Waals surface area contributed by atoms with Crippen molar-refractivity contribution in [1.82, 2.24) is 0 Å². The standard InChI is InChI=1S/C18H21NO8/c1-7-10-4-3-9(5-11(10)26-17(24)13(7)8(2)21)19-14-16(23)15(22)12(6-20)27-18(14)25/h3-5,12,14-16,18-20,22-23,25H,6H2,1-2H3/t12?,14?,15-,16-,18?/m1/s1. The first-order chi connectivity index (χ1) is 12.7. The number of anilines is 1. The van der Waals surface area contributed by atoms with Crippen molar-refractivity contribution in [3.63, 3.8) is 0 Å². The lowest BCUT2D eigenvalue weighted by molar-refractivity contribution is -0.245. The third-order valence-electron chi connectivity index (χ3n) is 4.75. The molecule has 0 bridgehead atoms. The molecule has 0 aliphatic carbocycles. The van der Waals surface area contributed by atoms with Gasteiger partial charge in [0.05, 0.1) is 6.61 Å². The molecule has 5 atom stereocenters. The molecule has 3 rings (SSSR count). The van der Waals surface area contributed by atoms with Gasteiger partial charge in [-0.05, 0) is 31.5 Å². The minimum atomic E-state index is -1.48. The largest absolute Gasteiger partial charge is 0.422 e. The van der Waals surface area contributed by atoms with Crippen LogP contribution in [0, 0.1) is 6.92 Å². The summed E-state index contributed by atoms with van der Waals surface area (Å²) in [5, 5.41) is 42.7. The van der Waals surface area contributed by atoms with E-state index in [-0.39, 0.29) is 16.9 Å². The number of aliphatic hydroxyl groups is 4. The highest BCUT2D eigenvalue weighted by atomic mass is 16.6. The Bertz CT molecular complexity index is 923. The maximum atomic E-state index is 12.0. The van der Waals surface area contributed by atoms with Crippen LogP contribution in [0.1, 0.15) is 22.8 Å². The summed E-state index contributed by atoms with van der Waals surface area (Å²) in [5.74, 6) is -0.386. The molecular weight excluding hydrogens is 358 g/mol. The van der Waals surface area contributed by atoms with Crippen LogP contribution >= 0.6 is 0 Å². The maximum Gasteiger partial charge on any atom is 0.347 e. The molecule has 5 N–H and O–H groups in total. The number of carbonyl (C=O) groups is 1. The normalized spacial score (nSPS) is 28.3. The number of ether oxygens (including phenoxy) is 1. The van der Waals surface area contributed by atoms with Crippen molar-refractivity contribution in [2.45, 2.75) is 44.5 Å². The monoisotopic (exact) mass is 379 g/mol. The molecule has 1 aromatic carbocycles. The Labute approximate surface area is 153 Å². The molecule has 1 aliphatic rings. The Morgan fingerprint density at radius 1 is 1.22 bits per heavy atom. The third-order valence-corrected chi connectivity index (χ3v) is 4.75. The summed E-state index contributed by atoms with van der Waals surface area (Å²) in [6, 6.07) is 3.66. The molecule has 0 saturated carbocycles. The van der Waals surface area contributed by atoms with Gasteiger partial charge in [-0.15, -0.1) is 0 Å². The van der Waals surface area contributed by atoms with Crippen LogP contribution in [-0.4, -0.2) is 63.5 Å². The molecule has 2 aromatic rings. The number of aliphatic hydroxyl groups excluding tert-OH is 4. The second-order valence-corrected chi connectivity index (χ2v) is 6.56. The fourth-order valence-electron chi connectivity index (χ4n) is 3.30. The quantitative estimate of drug-likeness (QED) is 0.350. The Kier molecular flexibility index (Phi) is 5.31. The SMILES string of the molecule is CC(=O)c1c(C)c2ccc(NC3C(O)OC(CO)[C@@H](O)[C@@H]3O)cc2oc1=O. The number of Topliss-reactive ketones (excluding diaryl/α,β-unsaturated/α-hetero) is 1. The lowest BCUT2D eigenvalue weighted by atomic mass is 9.96. The molecule has 1 saturated heterocycles. The molecule has 146 valence electrons. The van der Waals surface area contributed by atoms with Crippen LogP contribution in [0.15, 0.2) is 27.4 Å². The number of hydrogen-bond acceptors (Lipinski definition) is 9. The molecule has 0 radical (unpaired) electrons. The summed E-state index contributed by atoms with van der Waals surface area (Å²) in [5.41, 5.74) is 0.367. The lowest BCUT2D eigenvalue weighted by Gasteiger charge is -2.40. The van der Waals surface area contributed by atoms with E-state index in [1.54, 1.807) is 19.1 Å². The van der Waals surface area contributed by atoms with Crippen molar-refractivity contribution in [3.05, 3.63) is 39.7 Å². The van der Waals surface area contributed by atoms with E-state index in [0.717, 1.165) is 0 Å². The zero-order valence-corrected chi connectivity index (χ0v) is 14.7. The average Bonchev–Trinajstić information content (AvgIpc) is 2.61. The van der Waals surface area contributed by atoms with Gasteiger partial charge in [0.2, 0.25) is 0 Å². The van der Waals surface area contributed by atoms with Crippen molar-refractivity contribution in [3.8, 4) is 0 Å². The molecule has 0 spiro atoms. The summed E-state index contributed by atoms with van der Waals surface area (Å²) < 4.78 is 10.3. The predicted octanol–water partition coefficient (Wildman–Crippen LogP) is -0.484. The molecule has 2 heterocycles. The van der Waals surface area contributed by atoms with Crippen molar-refractivity contribution < 1.29 is 34.4 Å². The van der Waals surface area contributed by atoms with Gasteiger partial charge < -0.3 is 34.9 Å². The van der Waals surface area contributed by atoms with Gasteiger partial charge in [0, 0.05) is 17.1 Å². The first kappa shape index (κ1) is 19.5. The number of hydrogen-bond donors (Lipinski definition) is 5. The molecular formula is C18H21NO8. The van der Waals surface area contributed by atoms with E-state index in [0.29, 0.717) is 16.6 Å². The summed E-state index contributed by atoms with van der Waals surface area (Å²) in [6.07, 6.45) is -5.38. The number of carbonyl (C=O) groups excluding carboxylic acids is 1. The highest BCUT2D eigenvalue weighted by Crippen LogP contribution is 2.27. The molecule has 27 heavy (non-hydrogen) atoms. The smallest absolute Gasteiger partial charge is 0.347 e. The van der Waals surface area contributed by atoms with E-state index in [9.17, 15) is 24.9 Å². The second-order valence-electron chi connectivity index (χ2n) is 6.56. The van der Waals surface area contributed by atoms with Crippen LogP contribution in [0.2, 0.25) is 0 Å². The highest BCUT2D eigenvalue weighted by molar-refractivity contribution is 5.99. The van der Waals surface area contributed by atoms with Gasteiger partial charge in [0.15, 0.2) is 12.1 Å². The van der Waals surface area contributed by atoms with Crippen LogP contribution in [0.25, 0.3) is 11.0 Å². The average molecular weight is 379 g/mol. The van der Waals surface area contributed by atoms with E-state index in [1.165, 1.54) is 13.0 Å². The second kappa shape index (κ2) is 7.37. The van der Waals surface area contributed by atoms with Gasteiger partial charge in [0.25, 0.3) is 0 Å². The Hall–Kier alpha value is -2.30. The molecule has 3 unspecified atom stereocenters. The summed E-state index contributed by atoms with van der Waals surface area (Å²) in [6.45, 7) is 2.38. The van der Waals surface area contributed by atoms with Crippen LogP contribution in [0.3, 0.4) is 0 Å². The zero-order valence-electron chi connectivity index (χ0n) is 14.7. The van der Waals surface area contributed by atoms with E-state index in [1.807, 2.05) is 0 Å². The van der Waals surface area contributed by atoms with Crippen LogP contribution in [0.5, 0.6) is 0 Å². The van der Waals surface area contributed by atoms with E-state index in [2.05, 4.69) is 5.32 Å². The molecule has 9 heteroatoms. The van der Waals surface area contributed by atoms with Crippen molar-refractivity contribution in [2.24, 2.45) is 0 Å². The predicted molar refractivity (Wildman–Crippen MR) is 94.6 cm³/mol. The number of fused-ring (bicyclic) bond motifs is 1. The fourth-order valence-corrected chi connectivity index (χ4v) is 3.30. The Balaban J connectivity index is 1.93. The van der Waals surface area contributed by atoms with Gasteiger partial charge in [-0.2, -0.15) is 0 Å². The molecule has 1 fully saturated rings. The summed E-state index contributed by atoms with van der Waals surface area (Å²) in [7, 11) is 0. The minimum Gasteiger partial charge on any atom is -0.422 e. The third kappa shape index (κ3) is 3.47. The van der Waals surface area contributed by atoms with Crippen molar-refractivity contribution in [2.75, 3.05) is 11.9 Å². The first-order valence-corrected chi connectivity index (χ1v) is 8.40. The minimum absolute atomic E-state index is 0.00657. The van der Waals surface area contributed by atoms with Gasteiger partial charge >= 0.3 is 5.63 Å². The number of benzene rings is 1. The molecule has 1 aliphatic heterocycles. The number of rotatable bonds is 4. The number of ketones is 1. The first-order valence-electron chi connectivity index (χ1n) is 8.40. The maximum absolute atomic E-state index is 12.0. The van der Waals surface area contributed by atoms with Crippen molar-refractivity contribution >= 4 is 22.4 Å². The van der Waals surface area contributed by atoms with E-state index in [4.69, 9.17) is 14.3 Å². The molecule has 0 amide bonds. The van der Waals surface area contributed by atoms with Crippen LogP contribution in [-0.2, 0) is 4.74 Å². The topological polar surface area (TPSA) is 149 Å². The van der Waals surface area contributed by atoms with Gasteiger partial charge in [0.1, 0.15) is 35.5 Å². The van der Waals surface area contributed by atoms with Crippen LogP contribution < -0.4 is 10.9 Å². The fraction of sp³-hybridized carbons (Fsp3) is 0.444. The number of nitrogens with one attached hydrogen (secondary N) is 1. The van der Waals surface area contributed by atoms with Crippen molar-refractivity contribution in [1.29, 1.82) is 0 Å². The van der Waals surface area contributed by atoms with Gasteiger partial charge in [-0.25, -0.2) is 4.79 Å². The Morgan fingerprint density at radius 2 is 1.93 bits per heavy atom. The number of aryl methyl sites for hydroxylation is 1. The molecule has 1 aromatic heterocycles. The van der Waals surface area contributed by atoms with E-state index >= 15 is 0 Å². The van der Waals surface area contributed by atoms with Gasteiger partial charge in [-0.1, -0.05) is 0 Å². The van der Waals surface area contributed by atoms with Gasteiger partial charge in [-0.3, -0.25) is 4.79 Å².